The molecule has 19 heavy (non-hydrogen) atoms. The highest BCUT2D eigenvalue weighted by molar-refractivity contribution is 6.55. The second-order valence-electron chi connectivity index (χ2n) is 6.28. The molecule has 1 saturated carbocycles. The van der Waals surface area contributed by atoms with Crippen molar-refractivity contribution in [3.8, 4) is 0 Å². The Bertz CT molecular complexity index is 394. The highest BCUT2D eigenvalue weighted by Gasteiger charge is 2.61. The van der Waals surface area contributed by atoms with Gasteiger partial charge in [0, 0.05) is 13.1 Å². The van der Waals surface area contributed by atoms with Gasteiger partial charge in [-0.3, -0.25) is 4.79 Å². The van der Waals surface area contributed by atoms with Crippen LogP contribution in [0.25, 0.3) is 0 Å². The van der Waals surface area contributed by atoms with Crippen LogP contribution in [0.2, 0.25) is 0 Å². The number of allylic oxidation sites excluding steroid dienone is 1. The summed E-state index contributed by atoms with van der Waals surface area (Å²) in [5.41, 5.74) is -0.0586. The highest BCUT2D eigenvalue weighted by atomic mass is 35.5. The fourth-order valence-corrected chi connectivity index (χ4v) is 3.42. The Labute approximate surface area is 124 Å². The van der Waals surface area contributed by atoms with Crippen LogP contribution in [0.4, 0.5) is 0 Å². The van der Waals surface area contributed by atoms with Crippen molar-refractivity contribution in [1.29, 1.82) is 0 Å². The maximum atomic E-state index is 12.6. The smallest absolute Gasteiger partial charge is 0.227 e. The molecule has 0 aromatic rings. The molecular weight excluding hydrogens is 285 g/mol. The molecule has 2 rings (SSSR count). The van der Waals surface area contributed by atoms with E-state index in [1.165, 1.54) is 0 Å². The maximum Gasteiger partial charge on any atom is 0.227 e. The Kier molecular flexibility index (Phi) is 4.20. The number of rotatable bonds is 2. The van der Waals surface area contributed by atoms with E-state index in [4.69, 9.17) is 27.9 Å². The third-order valence-corrected chi connectivity index (χ3v) is 4.47. The Balaban J connectivity index is 2.07. The van der Waals surface area contributed by atoms with Gasteiger partial charge < -0.3 is 9.64 Å². The zero-order valence-electron chi connectivity index (χ0n) is 11.8. The average molecular weight is 306 g/mol. The standard InChI is InChI=1S/C14H21Cl2NO2/c1-8-6-17(7-9(2)19-8)13(18)12-10(5-11(15)16)14(12,3)4/h5,8-10,12H,6-7H2,1-4H3/t8-,9+,10-,12+/m1/s1. The Morgan fingerprint density at radius 1 is 1.26 bits per heavy atom. The molecule has 0 spiro atoms. The van der Waals surface area contributed by atoms with E-state index in [1.807, 2.05) is 18.7 Å². The summed E-state index contributed by atoms with van der Waals surface area (Å²) in [6, 6.07) is 0. The molecule has 0 aromatic carbocycles. The van der Waals surface area contributed by atoms with Crippen LogP contribution in [0.5, 0.6) is 0 Å². The van der Waals surface area contributed by atoms with E-state index in [-0.39, 0.29) is 39.9 Å². The lowest BCUT2D eigenvalue weighted by Crippen LogP contribution is -2.49. The molecule has 1 aliphatic heterocycles. The van der Waals surface area contributed by atoms with Gasteiger partial charge >= 0.3 is 0 Å². The van der Waals surface area contributed by atoms with E-state index >= 15 is 0 Å². The van der Waals surface area contributed by atoms with Crippen LogP contribution in [-0.2, 0) is 9.53 Å². The number of hydrogen-bond acceptors (Lipinski definition) is 2. The first-order valence-corrected chi connectivity index (χ1v) is 7.46. The molecule has 1 heterocycles. The van der Waals surface area contributed by atoms with Gasteiger partial charge in [-0.25, -0.2) is 0 Å². The fourth-order valence-electron chi connectivity index (χ4n) is 3.15. The summed E-state index contributed by atoms with van der Waals surface area (Å²) >= 11 is 11.4. The van der Waals surface area contributed by atoms with Gasteiger partial charge in [0.1, 0.15) is 4.49 Å². The molecule has 0 unspecified atom stereocenters. The number of nitrogens with zero attached hydrogens (tertiary/aromatic N) is 1. The van der Waals surface area contributed by atoms with E-state index in [0.717, 1.165) is 0 Å². The Morgan fingerprint density at radius 3 is 2.26 bits per heavy atom. The molecule has 2 aliphatic rings. The number of halogens is 2. The van der Waals surface area contributed by atoms with Crippen molar-refractivity contribution < 1.29 is 9.53 Å². The first-order valence-electron chi connectivity index (χ1n) is 6.70. The predicted molar refractivity (Wildman–Crippen MR) is 77.1 cm³/mol. The maximum absolute atomic E-state index is 12.6. The van der Waals surface area contributed by atoms with Crippen molar-refractivity contribution >= 4 is 29.1 Å². The highest BCUT2D eigenvalue weighted by Crippen LogP contribution is 2.60. The summed E-state index contributed by atoms with van der Waals surface area (Å²) in [5.74, 6) is 0.318. The van der Waals surface area contributed by atoms with Gasteiger partial charge in [0.15, 0.2) is 0 Å². The van der Waals surface area contributed by atoms with Crippen LogP contribution in [0.3, 0.4) is 0 Å². The molecule has 4 atom stereocenters. The van der Waals surface area contributed by atoms with Crippen LogP contribution in [0, 0.1) is 17.3 Å². The van der Waals surface area contributed by atoms with Crippen molar-refractivity contribution in [2.75, 3.05) is 13.1 Å². The molecule has 1 amide bonds. The lowest BCUT2D eigenvalue weighted by atomic mass is 10.1. The van der Waals surface area contributed by atoms with Crippen molar-refractivity contribution in [2.24, 2.45) is 17.3 Å². The van der Waals surface area contributed by atoms with Gasteiger partial charge in [0.2, 0.25) is 5.91 Å². The third kappa shape index (κ3) is 3.09. The Hall–Kier alpha value is -0.250. The zero-order valence-corrected chi connectivity index (χ0v) is 13.3. The van der Waals surface area contributed by atoms with Crippen molar-refractivity contribution in [2.45, 2.75) is 39.9 Å². The first kappa shape index (κ1) is 15.1. The molecule has 0 bridgehead atoms. The predicted octanol–water partition coefficient (Wildman–Crippen LogP) is 3.21. The third-order valence-electron chi connectivity index (χ3n) is 4.21. The summed E-state index contributed by atoms with van der Waals surface area (Å²) in [7, 11) is 0. The zero-order chi connectivity index (χ0) is 14.4. The molecule has 5 heteroatoms. The number of carbonyl (C=O) groups is 1. The molecule has 3 nitrogen and oxygen atoms in total. The van der Waals surface area contributed by atoms with Gasteiger partial charge in [-0.05, 0) is 31.3 Å². The lowest BCUT2D eigenvalue weighted by molar-refractivity contribution is -0.145. The molecule has 108 valence electrons. The summed E-state index contributed by atoms with van der Waals surface area (Å²) < 4.78 is 5.91. The minimum atomic E-state index is -0.0586. The van der Waals surface area contributed by atoms with Gasteiger partial charge in [-0.1, -0.05) is 37.0 Å². The number of amides is 1. The first-order chi connectivity index (χ1) is 8.73. The van der Waals surface area contributed by atoms with E-state index < -0.39 is 0 Å². The number of morpholine rings is 1. The van der Waals surface area contributed by atoms with Crippen LogP contribution >= 0.6 is 23.2 Å². The van der Waals surface area contributed by atoms with Crippen LogP contribution < -0.4 is 0 Å². The molecule has 0 N–H and O–H groups in total. The van der Waals surface area contributed by atoms with Crippen molar-refractivity contribution in [3.63, 3.8) is 0 Å². The molecule has 2 fully saturated rings. The van der Waals surface area contributed by atoms with Gasteiger partial charge in [-0.2, -0.15) is 0 Å². The second-order valence-corrected chi connectivity index (χ2v) is 7.29. The SMILES string of the molecule is C[C@@H]1CN(C(=O)[C@@H]2[C@@H](C=C(Cl)Cl)C2(C)C)C[C@H](C)O1. The summed E-state index contributed by atoms with van der Waals surface area (Å²) in [5, 5.41) is 0. The average Bonchev–Trinajstić information content (AvgIpc) is 2.77. The van der Waals surface area contributed by atoms with Gasteiger partial charge in [0.25, 0.3) is 0 Å². The molecule has 1 aliphatic carbocycles. The molecule has 0 radical (unpaired) electrons. The fraction of sp³-hybridized carbons (Fsp3) is 0.786. The monoisotopic (exact) mass is 305 g/mol. The summed E-state index contributed by atoms with van der Waals surface area (Å²) in [4.78, 5) is 14.5. The Morgan fingerprint density at radius 2 is 1.79 bits per heavy atom. The number of ether oxygens (including phenoxy) is 1. The van der Waals surface area contributed by atoms with Crippen LogP contribution in [0.15, 0.2) is 10.6 Å². The van der Waals surface area contributed by atoms with E-state index in [0.29, 0.717) is 13.1 Å². The van der Waals surface area contributed by atoms with Crippen molar-refractivity contribution in [1.82, 2.24) is 4.90 Å². The van der Waals surface area contributed by atoms with Crippen LogP contribution in [0.1, 0.15) is 27.7 Å². The largest absolute Gasteiger partial charge is 0.372 e. The topological polar surface area (TPSA) is 29.5 Å². The molecule has 1 saturated heterocycles. The summed E-state index contributed by atoms with van der Waals surface area (Å²) in [6.07, 6.45) is 1.99. The number of hydrogen-bond donors (Lipinski definition) is 0. The second kappa shape index (κ2) is 5.27. The van der Waals surface area contributed by atoms with Gasteiger partial charge in [0.05, 0.1) is 18.1 Å². The lowest BCUT2D eigenvalue weighted by Gasteiger charge is -2.35. The van der Waals surface area contributed by atoms with Crippen molar-refractivity contribution in [3.05, 3.63) is 10.6 Å². The molecule has 0 aromatic heterocycles. The van der Waals surface area contributed by atoms with E-state index in [1.54, 1.807) is 6.08 Å². The normalized spacial score (nSPS) is 36.8. The van der Waals surface area contributed by atoms with Crippen LogP contribution in [-0.4, -0.2) is 36.1 Å². The number of carbonyl (C=O) groups excluding carboxylic acids is 1. The minimum absolute atomic E-state index is 0.0162. The minimum Gasteiger partial charge on any atom is -0.372 e. The summed E-state index contributed by atoms with van der Waals surface area (Å²) in [6.45, 7) is 9.51. The molecular formula is C14H21Cl2NO2. The quantitative estimate of drug-likeness (QED) is 0.784. The van der Waals surface area contributed by atoms with E-state index in [2.05, 4.69) is 13.8 Å². The van der Waals surface area contributed by atoms with E-state index in [9.17, 15) is 4.79 Å². The van der Waals surface area contributed by atoms with Gasteiger partial charge in [-0.15, -0.1) is 0 Å².